The Morgan fingerprint density at radius 2 is 2.11 bits per heavy atom. The molecule has 0 spiro atoms. The van der Waals surface area contributed by atoms with Crippen LogP contribution < -0.4 is 10.2 Å². The van der Waals surface area contributed by atoms with Crippen molar-refractivity contribution in [3.8, 4) is 0 Å². The van der Waals surface area contributed by atoms with Crippen molar-refractivity contribution in [2.24, 2.45) is 0 Å². The first-order chi connectivity index (χ1) is 9.04. The van der Waals surface area contributed by atoms with Gasteiger partial charge in [-0.1, -0.05) is 6.07 Å². The second-order valence-corrected chi connectivity index (χ2v) is 5.46. The van der Waals surface area contributed by atoms with Crippen LogP contribution in [0.1, 0.15) is 25.5 Å². The number of piperazine rings is 1. The van der Waals surface area contributed by atoms with Crippen LogP contribution in [0, 0.1) is 5.82 Å². The molecular weight excluding hydrogens is 241 g/mol. The van der Waals surface area contributed by atoms with E-state index in [-0.39, 0.29) is 11.9 Å². The van der Waals surface area contributed by atoms with Crippen LogP contribution in [0.15, 0.2) is 18.2 Å². The van der Waals surface area contributed by atoms with Gasteiger partial charge in [0, 0.05) is 43.0 Å². The summed E-state index contributed by atoms with van der Waals surface area (Å²) in [7, 11) is 4.01. The highest BCUT2D eigenvalue weighted by Gasteiger charge is 2.24. The van der Waals surface area contributed by atoms with E-state index in [4.69, 9.17) is 0 Å². The third kappa shape index (κ3) is 2.90. The smallest absolute Gasteiger partial charge is 0.130 e. The highest BCUT2D eigenvalue weighted by atomic mass is 19.1. The zero-order valence-corrected chi connectivity index (χ0v) is 12.3. The molecule has 0 aliphatic carbocycles. The van der Waals surface area contributed by atoms with Crippen LogP contribution in [-0.4, -0.2) is 44.7 Å². The minimum atomic E-state index is -0.120. The Hall–Kier alpha value is -1.13. The SMILES string of the molecule is CNC(C)c1c(F)cccc1N1CCN(C)C(C)C1. The summed E-state index contributed by atoms with van der Waals surface area (Å²) < 4.78 is 14.1. The Bertz CT molecular complexity index is 435. The maximum Gasteiger partial charge on any atom is 0.130 e. The van der Waals surface area contributed by atoms with E-state index >= 15 is 0 Å². The summed E-state index contributed by atoms with van der Waals surface area (Å²) in [6.45, 7) is 7.14. The van der Waals surface area contributed by atoms with Gasteiger partial charge >= 0.3 is 0 Å². The largest absolute Gasteiger partial charge is 0.368 e. The molecule has 1 N–H and O–H groups in total. The standard InChI is InChI=1S/C15H24FN3/c1-11-10-19(9-8-18(11)4)14-7-5-6-13(16)15(14)12(2)17-3/h5-7,11-12,17H,8-10H2,1-4H3. The molecule has 1 fully saturated rings. The van der Waals surface area contributed by atoms with Crippen molar-refractivity contribution in [1.29, 1.82) is 0 Å². The summed E-state index contributed by atoms with van der Waals surface area (Å²) in [5.41, 5.74) is 1.81. The second-order valence-electron chi connectivity index (χ2n) is 5.46. The minimum Gasteiger partial charge on any atom is -0.368 e. The van der Waals surface area contributed by atoms with Crippen LogP contribution in [0.2, 0.25) is 0 Å². The summed E-state index contributed by atoms with van der Waals surface area (Å²) >= 11 is 0. The monoisotopic (exact) mass is 265 g/mol. The molecule has 0 radical (unpaired) electrons. The predicted octanol–water partition coefficient (Wildman–Crippen LogP) is 2.25. The Kier molecular flexibility index (Phi) is 4.42. The number of halogens is 1. The Labute approximate surface area is 115 Å². The molecule has 1 aliphatic heterocycles. The number of likely N-dealkylation sites (N-methyl/N-ethyl adjacent to an activating group) is 1. The number of nitrogens with zero attached hydrogens (tertiary/aromatic N) is 2. The molecular formula is C15H24FN3. The van der Waals surface area contributed by atoms with Gasteiger partial charge in [-0.05, 0) is 40.1 Å². The van der Waals surface area contributed by atoms with Crippen LogP contribution in [0.25, 0.3) is 0 Å². The fraction of sp³-hybridized carbons (Fsp3) is 0.600. The lowest BCUT2D eigenvalue weighted by atomic mass is 10.0. The molecule has 0 aromatic heterocycles. The average molecular weight is 265 g/mol. The molecule has 1 aliphatic rings. The van der Waals surface area contributed by atoms with E-state index in [0.717, 1.165) is 30.9 Å². The fourth-order valence-electron chi connectivity index (χ4n) is 2.64. The summed E-state index contributed by atoms with van der Waals surface area (Å²) in [6.07, 6.45) is 0. The van der Waals surface area contributed by atoms with E-state index in [1.165, 1.54) is 0 Å². The fourth-order valence-corrected chi connectivity index (χ4v) is 2.64. The van der Waals surface area contributed by atoms with Crippen molar-refractivity contribution < 1.29 is 4.39 Å². The van der Waals surface area contributed by atoms with E-state index < -0.39 is 0 Å². The zero-order chi connectivity index (χ0) is 14.0. The van der Waals surface area contributed by atoms with Gasteiger partial charge in [0.25, 0.3) is 0 Å². The molecule has 1 aromatic rings. The lowest BCUT2D eigenvalue weighted by Crippen LogP contribution is -2.50. The maximum atomic E-state index is 14.1. The first kappa shape index (κ1) is 14.3. The summed E-state index contributed by atoms with van der Waals surface area (Å²) in [4.78, 5) is 4.65. The van der Waals surface area contributed by atoms with Crippen LogP contribution >= 0.6 is 0 Å². The number of rotatable bonds is 3. The number of hydrogen-bond acceptors (Lipinski definition) is 3. The lowest BCUT2D eigenvalue weighted by molar-refractivity contribution is 0.233. The molecule has 2 unspecified atom stereocenters. The third-order valence-corrected chi connectivity index (χ3v) is 4.20. The molecule has 2 rings (SSSR count). The van der Waals surface area contributed by atoms with Gasteiger partial charge in [-0.2, -0.15) is 0 Å². The number of nitrogens with one attached hydrogen (secondary N) is 1. The average Bonchev–Trinajstić information content (AvgIpc) is 2.41. The van der Waals surface area contributed by atoms with Gasteiger partial charge < -0.3 is 15.1 Å². The van der Waals surface area contributed by atoms with Crippen molar-refractivity contribution >= 4 is 5.69 Å². The molecule has 1 heterocycles. The molecule has 4 heteroatoms. The summed E-state index contributed by atoms with van der Waals surface area (Å²) in [5.74, 6) is -0.120. The molecule has 0 amide bonds. The molecule has 1 aromatic carbocycles. The van der Waals surface area contributed by atoms with Gasteiger partial charge in [-0.3, -0.25) is 0 Å². The van der Waals surface area contributed by atoms with Crippen molar-refractivity contribution in [2.75, 3.05) is 38.6 Å². The Morgan fingerprint density at radius 1 is 1.37 bits per heavy atom. The van der Waals surface area contributed by atoms with Gasteiger partial charge in [0.05, 0.1) is 0 Å². The molecule has 106 valence electrons. The molecule has 19 heavy (non-hydrogen) atoms. The maximum absolute atomic E-state index is 14.1. The van der Waals surface area contributed by atoms with E-state index in [1.807, 2.05) is 20.0 Å². The highest BCUT2D eigenvalue weighted by Crippen LogP contribution is 2.30. The molecule has 1 saturated heterocycles. The number of anilines is 1. The van der Waals surface area contributed by atoms with Crippen molar-refractivity contribution in [2.45, 2.75) is 25.9 Å². The summed E-state index contributed by atoms with van der Waals surface area (Å²) in [6, 6.07) is 5.90. The molecule has 2 atom stereocenters. The van der Waals surface area contributed by atoms with Gasteiger partial charge in [0.15, 0.2) is 0 Å². The third-order valence-electron chi connectivity index (χ3n) is 4.20. The normalized spacial score (nSPS) is 22.6. The minimum absolute atomic E-state index is 0.0196. The highest BCUT2D eigenvalue weighted by molar-refractivity contribution is 5.56. The van der Waals surface area contributed by atoms with Crippen LogP contribution in [0.5, 0.6) is 0 Å². The first-order valence-electron chi connectivity index (χ1n) is 6.95. The van der Waals surface area contributed by atoms with Crippen LogP contribution in [0.3, 0.4) is 0 Å². The van der Waals surface area contributed by atoms with E-state index in [2.05, 4.69) is 29.1 Å². The molecule has 0 saturated carbocycles. The van der Waals surface area contributed by atoms with E-state index in [9.17, 15) is 4.39 Å². The quantitative estimate of drug-likeness (QED) is 0.904. The van der Waals surface area contributed by atoms with Crippen molar-refractivity contribution in [3.05, 3.63) is 29.6 Å². The van der Waals surface area contributed by atoms with Gasteiger partial charge in [0.2, 0.25) is 0 Å². The Balaban J connectivity index is 2.32. The molecule has 0 bridgehead atoms. The second kappa shape index (κ2) is 5.88. The topological polar surface area (TPSA) is 18.5 Å². The van der Waals surface area contributed by atoms with Gasteiger partial charge in [-0.25, -0.2) is 4.39 Å². The van der Waals surface area contributed by atoms with Crippen LogP contribution in [-0.2, 0) is 0 Å². The van der Waals surface area contributed by atoms with E-state index in [1.54, 1.807) is 12.1 Å². The van der Waals surface area contributed by atoms with Crippen molar-refractivity contribution in [1.82, 2.24) is 10.2 Å². The van der Waals surface area contributed by atoms with Gasteiger partial charge in [0.1, 0.15) is 5.82 Å². The Morgan fingerprint density at radius 3 is 2.74 bits per heavy atom. The van der Waals surface area contributed by atoms with Crippen LogP contribution in [0.4, 0.5) is 10.1 Å². The predicted molar refractivity (Wildman–Crippen MR) is 78.2 cm³/mol. The molecule has 3 nitrogen and oxygen atoms in total. The number of hydrogen-bond donors (Lipinski definition) is 1. The number of benzene rings is 1. The van der Waals surface area contributed by atoms with E-state index in [0.29, 0.717) is 6.04 Å². The van der Waals surface area contributed by atoms with Crippen molar-refractivity contribution in [3.63, 3.8) is 0 Å². The lowest BCUT2D eigenvalue weighted by Gasteiger charge is -2.40. The van der Waals surface area contributed by atoms with Gasteiger partial charge in [-0.15, -0.1) is 0 Å². The zero-order valence-electron chi connectivity index (χ0n) is 12.3. The first-order valence-corrected chi connectivity index (χ1v) is 6.95. The summed E-state index contributed by atoms with van der Waals surface area (Å²) in [5, 5.41) is 3.14.